The van der Waals surface area contributed by atoms with Gasteiger partial charge < -0.3 is 5.11 Å². The van der Waals surface area contributed by atoms with Crippen LogP contribution in [0.15, 0.2) is 48.8 Å². The van der Waals surface area contributed by atoms with Crippen molar-refractivity contribution in [2.75, 3.05) is 0 Å². The van der Waals surface area contributed by atoms with Crippen molar-refractivity contribution in [1.29, 1.82) is 0 Å². The molecule has 0 unspecified atom stereocenters. The molecule has 4 heteroatoms. The number of aryl methyl sites for hydroxylation is 1. The third-order valence-corrected chi connectivity index (χ3v) is 3.28. The largest absolute Gasteiger partial charge is 0.478 e. The molecule has 3 rings (SSSR count). The molecular weight excluding hydrogens is 252 g/mol. The van der Waals surface area contributed by atoms with E-state index in [9.17, 15) is 4.79 Å². The highest BCUT2D eigenvalue weighted by Crippen LogP contribution is 2.25. The maximum absolute atomic E-state index is 11.0. The number of nitrogens with zero attached hydrogens (tertiary/aromatic N) is 2. The summed E-state index contributed by atoms with van der Waals surface area (Å²) in [4.78, 5) is 19.4. The molecule has 0 radical (unpaired) electrons. The SMILES string of the molecule is Cc1ncnc2ccc(-c3cccc(C(=O)O)c3)cc12. The second-order valence-corrected chi connectivity index (χ2v) is 4.58. The highest BCUT2D eigenvalue weighted by Gasteiger charge is 2.06. The molecule has 0 fully saturated rings. The Balaban J connectivity index is 2.17. The Morgan fingerprint density at radius 3 is 2.65 bits per heavy atom. The normalized spacial score (nSPS) is 10.7. The van der Waals surface area contributed by atoms with Crippen LogP contribution in [0.3, 0.4) is 0 Å². The molecule has 1 N–H and O–H groups in total. The van der Waals surface area contributed by atoms with E-state index in [1.165, 1.54) is 0 Å². The van der Waals surface area contributed by atoms with E-state index < -0.39 is 5.97 Å². The number of carboxylic acids is 1. The van der Waals surface area contributed by atoms with Gasteiger partial charge in [0.15, 0.2) is 0 Å². The number of carbonyl (C=O) groups is 1. The minimum Gasteiger partial charge on any atom is -0.478 e. The van der Waals surface area contributed by atoms with Crippen molar-refractivity contribution in [1.82, 2.24) is 9.97 Å². The van der Waals surface area contributed by atoms with Crippen LogP contribution >= 0.6 is 0 Å². The van der Waals surface area contributed by atoms with Gasteiger partial charge in [0.1, 0.15) is 6.33 Å². The molecule has 4 nitrogen and oxygen atoms in total. The summed E-state index contributed by atoms with van der Waals surface area (Å²) in [5, 5.41) is 10.0. The molecule has 0 bridgehead atoms. The number of hydrogen-bond acceptors (Lipinski definition) is 3. The first-order valence-corrected chi connectivity index (χ1v) is 6.20. The van der Waals surface area contributed by atoms with Crippen LogP contribution in [0.25, 0.3) is 22.0 Å². The number of rotatable bonds is 2. The maximum atomic E-state index is 11.0. The van der Waals surface area contributed by atoms with Gasteiger partial charge in [-0.1, -0.05) is 18.2 Å². The zero-order chi connectivity index (χ0) is 14.1. The van der Waals surface area contributed by atoms with E-state index >= 15 is 0 Å². The number of benzene rings is 2. The lowest BCUT2D eigenvalue weighted by Crippen LogP contribution is -1.95. The van der Waals surface area contributed by atoms with Crippen molar-refractivity contribution in [2.24, 2.45) is 0 Å². The fraction of sp³-hybridized carbons (Fsp3) is 0.0625. The smallest absolute Gasteiger partial charge is 0.335 e. The average molecular weight is 264 g/mol. The number of fused-ring (bicyclic) bond motifs is 1. The van der Waals surface area contributed by atoms with Gasteiger partial charge in [0.2, 0.25) is 0 Å². The lowest BCUT2D eigenvalue weighted by Gasteiger charge is -2.06. The summed E-state index contributed by atoms with van der Waals surface area (Å²) in [6.07, 6.45) is 1.54. The number of hydrogen-bond donors (Lipinski definition) is 1. The Morgan fingerprint density at radius 1 is 1.05 bits per heavy atom. The second kappa shape index (κ2) is 4.74. The van der Waals surface area contributed by atoms with Gasteiger partial charge in [-0.2, -0.15) is 0 Å². The van der Waals surface area contributed by atoms with Crippen molar-refractivity contribution in [3.8, 4) is 11.1 Å². The van der Waals surface area contributed by atoms with Gasteiger partial charge >= 0.3 is 5.97 Å². The van der Waals surface area contributed by atoms with Gasteiger partial charge in [0.05, 0.1) is 11.1 Å². The first-order chi connectivity index (χ1) is 9.65. The summed E-state index contributed by atoms with van der Waals surface area (Å²) in [6.45, 7) is 1.93. The Labute approximate surface area is 115 Å². The molecule has 1 heterocycles. The molecule has 0 spiro atoms. The molecule has 0 aliphatic heterocycles. The molecule has 3 aromatic rings. The van der Waals surface area contributed by atoms with Crippen LogP contribution < -0.4 is 0 Å². The topological polar surface area (TPSA) is 63.1 Å². The Kier molecular flexibility index (Phi) is 2.91. The zero-order valence-corrected chi connectivity index (χ0v) is 10.9. The highest BCUT2D eigenvalue weighted by atomic mass is 16.4. The molecule has 0 atom stereocenters. The number of carboxylic acid groups (broad SMARTS) is 1. The van der Waals surface area contributed by atoms with Gasteiger partial charge in [0, 0.05) is 11.1 Å². The molecule has 0 saturated carbocycles. The van der Waals surface area contributed by atoms with Crippen LogP contribution in [0, 0.1) is 6.92 Å². The summed E-state index contributed by atoms with van der Waals surface area (Å²) in [5.74, 6) is -0.924. The van der Waals surface area contributed by atoms with Gasteiger partial charge in [0.25, 0.3) is 0 Å². The Bertz CT molecular complexity index is 812. The lowest BCUT2D eigenvalue weighted by atomic mass is 10.0. The first kappa shape index (κ1) is 12.3. The summed E-state index contributed by atoms with van der Waals surface area (Å²) in [7, 11) is 0. The molecular formula is C16H12N2O2. The molecule has 0 saturated heterocycles. The molecule has 0 aliphatic carbocycles. The van der Waals surface area contributed by atoms with Gasteiger partial charge in [-0.15, -0.1) is 0 Å². The van der Waals surface area contributed by atoms with Crippen LogP contribution in [-0.4, -0.2) is 21.0 Å². The maximum Gasteiger partial charge on any atom is 0.335 e. The van der Waals surface area contributed by atoms with Gasteiger partial charge in [-0.25, -0.2) is 14.8 Å². The fourth-order valence-corrected chi connectivity index (χ4v) is 2.20. The summed E-state index contributed by atoms with van der Waals surface area (Å²) in [6, 6.07) is 12.8. The van der Waals surface area contributed by atoms with Gasteiger partial charge in [-0.3, -0.25) is 0 Å². The molecule has 0 aliphatic rings. The van der Waals surface area contributed by atoms with Crippen molar-refractivity contribution in [3.05, 3.63) is 60.0 Å². The average Bonchev–Trinajstić information content (AvgIpc) is 2.47. The second-order valence-electron chi connectivity index (χ2n) is 4.58. The van der Waals surface area contributed by atoms with Crippen molar-refractivity contribution < 1.29 is 9.90 Å². The van der Waals surface area contributed by atoms with Crippen LogP contribution in [0.4, 0.5) is 0 Å². The van der Waals surface area contributed by atoms with E-state index in [1.54, 1.807) is 24.5 Å². The van der Waals surface area contributed by atoms with E-state index in [2.05, 4.69) is 9.97 Å². The third-order valence-electron chi connectivity index (χ3n) is 3.28. The minimum atomic E-state index is -0.924. The van der Waals surface area contributed by atoms with Gasteiger partial charge in [-0.05, 0) is 42.3 Å². The van der Waals surface area contributed by atoms with E-state index in [1.807, 2.05) is 31.2 Å². The molecule has 0 amide bonds. The molecule has 1 aromatic heterocycles. The number of aromatic carboxylic acids is 1. The van der Waals surface area contributed by atoms with E-state index in [-0.39, 0.29) is 5.56 Å². The lowest BCUT2D eigenvalue weighted by molar-refractivity contribution is 0.0697. The molecule has 20 heavy (non-hydrogen) atoms. The van der Waals surface area contributed by atoms with E-state index in [0.29, 0.717) is 0 Å². The van der Waals surface area contributed by atoms with Crippen LogP contribution in [0.2, 0.25) is 0 Å². The fourth-order valence-electron chi connectivity index (χ4n) is 2.20. The summed E-state index contributed by atoms with van der Waals surface area (Å²) >= 11 is 0. The quantitative estimate of drug-likeness (QED) is 0.771. The predicted octanol–water partition coefficient (Wildman–Crippen LogP) is 3.30. The van der Waals surface area contributed by atoms with Crippen LogP contribution in [0.1, 0.15) is 16.1 Å². The Hall–Kier alpha value is -2.75. The monoisotopic (exact) mass is 264 g/mol. The number of aromatic nitrogens is 2. The minimum absolute atomic E-state index is 0.281. The molecule has 98 valence electrons. The van der Waals surface area contributed by atoms with E-state index in [4.69, 9.17) is 5.11 Å². The van der Waals surface area contributed by atoms with Crippen LogP contribution in [0.5, 0.6) is 0 Å². The van der Waals surface area contributed by atoms with Crippen LogP contribution in [-0.2, 0) is 0 Å². The first-order valence-electron chi connectivity index (χ1n) is 6.20. The van der Waals surface area contributed by atoms with Crippen molar-refractivity contribution in [3.63, 3.8) is 0 Å². The standard InChI is InChI=1S/C16H12N2O2/c1-10-14-8-12(5-6-15(14)18-9-17-10)11-3-2-4-13(7-11)16(19)20/h2-9H,1H3,(H,19,20). The summed E-state index contributed by atoms with van der Waals surface area (Å²) in [5.41, 5.74) is 3.90. The Morgan fingerprint density at radius 2 is 1.85 bits per heavy atom. The summed E-state index contributed by atoms with van der Waals surface area (Å²) < 4.78 is 0. The van der Waals surface area contributed by atoms with Crippen molar-refractivity contribution in [2.45, 2.75) is 6.92 Å². The van der Waals surface area contributed by atoms with Crippen molar-refractivity contribution >= 4 is 16.9 Å². The highest BCUT2D eigenvalue weighted by molar-refractivity contribution is 5.91. The van der Waals surface area contributed by atoms with E-state index in [0.717, 1.165) is 27.7 Å². The molecule has 2 aromatic carbocycles. The predicted molar refractivity (Wildman–Crippen MR) is 76.7 cm³/mol. The zero-order valence-electron chi connectivity index (χ0n) is 10.9. The third kappa shape index (κ3) is 2.12.